The minimum atomic E-state index is -0.668. The molecule has 0 spiro atoms. The molecule has 0 atom stereocenters. The zero-order chi connectivity index (χ0) is 16.2. The summed E-state index contributed by atoms with van der Waals surface area (Å²) in [6.45, 7) is 3.73. The number of carbonyl (C=O) groups excluding carboxylic acids is 2. The molecular weight excluding hydrogens is 282 g/mol. The first-order valence-electron chi connectivity index (χ1n) is 6.79. The first kappa shape index (κ1) is 17.3. The fourth-order valence-electron chi connectivity index (χ4n) is 1.52. The van der Waals surface area contributed by atoms with Gasteiger partial charge in [0, 0.05) is 19.0 Å². The molecule has 5 nitrogen and oxygen atoms in total. The van der Waals surface area contributed by atoms with Crippen LogP contribution in [0, 0.1) is 23.7 Å². The number of hydrogen-bond acceptors (Lipinski definition) is 5. The monoisotopic (exact) mass is 299 g/mol. The molecule has 0 aliphatic rings. The molecule has 0 unspecified atom stereocenters. The second-order valence-electron chi connectivity index (χ2n) is 4.02. The highest BCUT2D eigenvalue weighted by molar-refractivity contribution is 6.01. The summed E-state index contributed by atoms with van der Waals surface area (Å²) in [5.41, 5.74) is 0.0251. The number of rotatable bonds is 6. The van der Waals surface area contributed by atoms with Gasteiger partial charge in [0.1, 0.15) is 13.2 Å². The third-order valence-electron chi connectivity index (χ3n) is 2.49. The van der Waals surface area contributed by atoms with Gasteiger partial charge in [-0.3, -0.25) is 0 Å². The maximum atomic E-state index is 12.0. The fourth-order valence-corrected chi connectivity index (χ4v) is 1.52. The van der Waals surface area contributed by atoms with Gasteiger partial charge in [-0.25, -0.2) is 14.6 Å². The van der Waals surface area contributed by atoms with Crippen LogP contribution in [0.15, 0.2) is 18.3 Å². The lowest BCUT2D eigenvalue weighted by Crippen LogP contribution is -2.16. The van der Waals surface area contributed by atoms with Gasteiger partial charge in [-0.15, -0.1) is 23.7 Å². The van der Waals surface area contributed by atoms with E-state index in [1.165, 1.54) is 12.3 Å². The molecule has 0 bridgehead atoms. The Balaban J connectivity index is 2.70. The Hall–Kier alpha value is -2.79. The third kappa shape index (κ3) is 5.68. The van der Waals surface area contributed by atoms with Crippen LogP contribution in [0.2, 0.25) is 0 Å². The number of ether oxygens (including phenoxy) is 2. The number of nitrogens with zero attached hydrogens (tertiary/aromatic N) is 1. The average Bonchev–Trinajstić information content (AvgIpc) is 2.55. The molecule has 0 aromatic carbocycles. The van der Waals surface area contributed by atoms with E-state index in [0.29, 0.717) is 12.8 Å². The topological polar surface area (TPSA) is 65.5 Å². The van der Waals surface area contributed by atoms with E-state index in [0.717, 1.165) is 0 Å². The summed E-state index contributed by atoms with van der Waals surface area (Å²) < 4.78 is 10.1. The van der Waals surface area contributed by atoms with Gasteiger partial charge >= 0.3 is 11.9 Å². The van der Waals surface area contributed by atoms with Gasteiger partial charge < -0.3 is 9.47 Å². The van der Waals surface area contributed by atoms with Gasteiger partial charge in [0.2, 0.25) is 0 Å². The first-order chi connectivity index (χ1) is 10.7. The van der Waals surface area contributed by atoms with Crippen molar-refractivity contribution in [3.63, 3.8) is 0 Å². The van der Waals surface area contributed by atoms with Crippen LogP contribution in [0.25, 0.3) is 0 Å². The van der Waals surface area contributed by atoms with Crippen molar-refractivity contribution in [1.29, 1.82) is 0 Å². The molecular formula is C17H17NO4. The molecule has 1 aromatic heterocycles. The zero-order valence-electron chi connectivity index (χ0n) is 12.6. The molecule has 5 heteroatoms. The van der Waals surface area contributed by atoms with Gasteiger partial charge in [-0.1, -0.05) is 0 Å². The van der Waals surface area contributed by atoms with Crippen LogP contribution < -0.4 is 0 Å². The Morgan fingerprint density at radius 2 is 1.64 bits per heavy atom. The van der Waals surface area contributed by atoms with E-state index >= 15 is 0 Å². The number of aromatic nitrogens is 1. The summed E-state index contributed by atoms with van der Waals surface area (Å²) in [4.78, 5) is 27.8. The molecule has 0 radical (unpaired) electrons. The van der Waals surface area contributed by atoms with Crippen LogP contribution in [0.1, 0.15) is 47.5 Å². The molecule has 1 rings (SSSR count). The van der Waals surface area contributed by atoms with Crippen LogP contribution >= 0.6 is 0 Å². The Bertz CT molecular complexity index is 587. The highest BCUT2D eigenvalue weighted by atomic mass is 16.5. The summed E-state index contributed by atoms with van der Waals surface area (Å²) in [7, 11) is 0. The summed E-state index contributed by atoms with van der Waals surface area (Å²) in [5, 5.41) is 0. The van der Waals surface area contributed by atoms with Crippen LogP contribution in [0.3, 0.4) is 0 Å². The van der Waals surface area contributed by atoms with E-state index in [4.69, 9.17) is 9.47 Å². The maximum Gasteiger partial charge on any atom is 0.357 e. The number of pyridine rings is 1. The number of esters is 2. The van der Waals surface area contributed by atoms with Crippen LogP contribution in [-0.4, -0.2) is 30.1 Å². The van der Waals surface area contributed by atoms with Gasteiger partial charge in [0.15, 0.2) is 5.69 Å². The van der Waals surface area contributed by atoms with Gasteiger partial charge in [-0.05, 0) is 26.0 Å². The lowest BCUT2D eigenvalue weighted by molar-refractivity contribution is 0.0460. The Morgan fingerprint density at radius 3 is 2.23 bits per heavy atom. The Labute approximate surface area is 130 Å². The van der Waals surface area contributed by atoms with Crippen LogP contribution in [-0.2, 0) is 9.47 Å². The van der Waals surface area contributed by atoms with Crippen LogP contribution in [0.4, 0.5) is 0 Å². The van der Waals surface area contributed by atoms with Crippen molar-refractivity contribution in [2.45, 2.75) is 26.7 Å². The van der Waals surface area contributed by atoms with Gasteiger partial charge in [0.25, 0.3) is 0 Å². The molecule has 0 saturated carbocycles. The maximum absolute atomic E-state index is 12.0. The summed E-state index contributed by atoms with van der Waals surface area (Å²) in [6.07, 6.45) is 2.30. The molecule has 0 saturated heterocycles. The van der Waals surface area contributed by atoms with E-state index in [9.17, 15) is 9.59 Å². The molecule has 0 fully saturated rings. The highest BCUT2D eigenvalue weighted by Crippen LogP contribution is 2.09. The van der Waals surface area contributed by atoms with Crippen molar-refractivity contribution in [3.05, 3.63) is 29.6 Å². The minimum absolute atomic E-state index is 0.0569. The SMILES string of the molecule is CC#CCCOC(=O)c1cccnc1C(=O)OCCC#CC. The number of hydrogen-bond donors (Lipinski definition) is 0. The van der Waals surface area contributed by atoms with E-state index in [2.05, 4.69) is 28.7 Å². The predicted molar refractivity (Wildman–Crippen MR) is 80.9 cm³/mol. The van der Waals surface area contributed by atoms with Crippen molar-refractivity contribution in [2.24, 2.45) is 0 Å². The minimum Gasteiger partial charge on any atom is -0.461 e. The summed E-state index contributed by atoms with van der Waals surface area (Å²) in [5.74, 6) is 9.69. The standard InChI is InChI=1S/C17H17NO4/c1-3-5-7-12-21-16(19)14-10-9-11-18-15(14)17(20)22-13-8-6-4-2/h9-11H,7-8,12-13H2,1-2H3. The molecule has 0 amide bonds. The normalized spacial score (nSPS) is 8.82. The lowest BCUT2D eigenvalue weighted by Gasteiger charge is -2.07. The van der Waals surface area contributed by atoms with E-state index in [1.807, 2.05) is 0 Å². The van der Waals surface area contributed by atoms with Crippen LogP contribution in [0.5, 0.6) is 0 Å². The largest absolute Gasteiger partial charge is 0.461 e. The molecule has 0 aliphatic heterocycles. The highest BCUT2D eigenvalue weighted by Gasteiger charge is 2.20. The predicted octanol–water partition coefficient (Wildman–Crippen LogP) is 2.22. The Kier molecular flexibility index (Phi) is 7.86. The smallest absolute Gasteiger partial charge is 0.357 e. The van der Waals surface area contributed by atoms with Crippen molar-refractivity contribution < 1.29 is 19.1 Å². The van der Waals surface area contributed by atoms with E-state index in [1.54, 1.807) is 19.9 Å². The van der Waals surface area contributed by atoms with Crippen molar-refractivity contribution in [1.82, 2.24) is 4.98 Å². The summed E-state index contributed by atoms with van der Waals surface area (Å²) >= 11 is 0. The van der Waals surface area contributed by atoms with Crippen molar-refractivity contribution in [3.8, 4) is 23.7 Å². The second-order valence-corrected chi connectivity index (χ2v) is 4.02. The third-order valence-corrected chi connectivity index (χ3v) is 2.49. The van der Waals surface area contributed by atoms with Gasteiger partial charge in [0.05, 0.1) is 5.56 Å². The van der Waals surface area contributed by atoms with Gasteiger partial charge in [-0.2, -0.15) is 0 Å². The molecule has 1 aromatic rings. The first-order valence-corrected chi connectivity index (χ1v) is 6.79. The Morgan fingerprint density at radius 1 is 1.05 bits per heavy atom. The second kappa shape index (κ2) is 10.0. The van der Waals surface area contributed by atoms with E-state index < -0.39 is 11.9 Å². The lowest BCUT2D eigenvalue weighted by atomic mass is 10.2. The number of carbonyl (C=O) groups is 2. The molecule has 114 valence electrons. The zero-order valence-corrected chi connectivity index (χ0v) is 12.6. The van der Waals surface area contributed by atoms with Crippen molar-refractivity contribution in [2.75, 3.05) is 13.2 Å². The van der Waals surface area contributed by atoms with Crippen molar-refractivity contribution >= 4 is 11.9 Å². The molecule has 22 heavy (non-hydrogen) atoms. The quantitative estimate of drug-likeness (QED) is 0.458. The fraction of sp³-hybridized carbons (Fsp3) is 0.353. The summed E-state index contributed by atoms with van der Waals surface area (Å²) in [6, 6.07) is 3.03. The molecule has 0 N–H and O–H groups in total. The molecule has 0 aliphatic carbocycles. The van der Waals surface area contributed by atoms with E-state index in [-0.39, 0.29) is 24.5 Å². The average molecular weight is 299 g/mol. The molecule has 1 heterocycles.